The van der Waals surface area contributed by atoms with E-state index >= 15 is 0 Å². The van der Waals surface area contributed by atoms with Gasteiger partial charge in [-0.3, -0.25) is 4.79 Å². The Bertz CT molecular complexity index is 1250. The second kappa shape index (κ2) is 14.5. The van der Waals surface area contributed by atoms with Gasteiger partial charge in [0.05, 0.1) is 35.3 Å². The molecule has 0 unspecified atom stereocenters. The molecule has 0 bridgehead atoms. The summed E-state index contributed by atoms with van der Waals surface area (Å²) < 4.78 is 40.6. The van der Waals surface area contributed by atoms with Crippen LogP contribution in [0.1, 0.15) is 56.0 Å². The summed E-state index contributed by atoms with van der Waals surface area (Å²) in [6.45, 7) is 8.32. The lowest BCUT2D eigenvalue weighted by Gasteiger charge is -2.35. The minimum absolute atomic E-state index is 0.112. The van der Waals surface area contributed by atoms with Crippen LogP contribution in [0.5, 0.6) is 5.75 Å². The zero-order valence-corrected chi connectivity index (χ0v) is 26.4. The smallest absolute Gasteiger partial charge is 0.258 e. The van der Waals surface area contributed by atoms with Gasteiger partial charge in [0.15, 0.2) is 0 Å². The van der Waals surface area contributed by atoms with Crippen molar-refractivity contribution in [3.63, 3.8) is 0 Å². The monoisotopic (exact) mass is 589 g/mol. The molecular formula is C31H47N3O6S. The van der Waals surface area contributed by atoms with Crippen LogP contribution in [-0.2, 0) is 14.8 Å². The predicted molar refractivity (Wildman–Crippen MR) is 162 cm³/mol. The molecule has 1 aliphatic heterocycles. The second-order valence-electron chi connectivity index (χ2n) is 11.5. The highest BCUT2D eigenvalue weighted by Crippen LogP contribution is 2.29. The number of likely N-dealkylation sites (N-methyl/N-ethyl adjacent to an activating group) is 1. The molecule has 1 aliphatic rings. The number of hydrogen-bond donors (Lipinski definition) is 1. The molecule has 4 atom stereocenters. The van der Waals surface area contributed by atoms with Gasteiger partial charge in [-0.2, -0.15) is 4.31 Å². The maximum atomic E-state index is 14.1. The Labute approximate surface area is 246 Å². The molecule has 0 saturated heterocycles. The molecule has 2 aromatic rings. The number of nitrogens with zero attached hydrogens (tertiary/aromatic N) is 3. The lowest BCUT2D eigenvalue weighted by atomic mass is 10.0. The van der Waals surface area contributed by atoms with Crippen LogP contribution in [0.2, 0.25) is 0 Å². The number of anilines is 1. The second-order valence-corrected chi connectivity index (χ2v) is 13.5. The van der Waals surface area contributed by atoms with Crippen molar-refractivity contribution in [2.45, 2.75) is 70.1 Å². The van der Waals surface area contributed by atoms with Crippen molar-refractivity contribution in [3.8, 4) is 5.75 Å². The van der Waals surface area contributed by atoms with Crippen LogP contribution in [0.3, 0.4) is 0 Å². The topological polar surface area (TPSA) is 99.6 Å². The molecule has 0 fully saturated rings. The predicted octanol–water partition coefficient (Wildman–Crippen LogP) is 4.18. The summed E-state index contributed by atoms with van der Waals surface area (Å²) in [6, 6.07) is 11.9. The Kier molecular flexibility index (Phi) is 11.6. The highest BCUT2D eigenvalue weighted by molar-refractivity contribution is 7.89. The highest BCUT2D eigenvalue weighted by atomic mass is 32.2. The fourth-order valence-corrected chi connectivity index (χ4v) is 6.08. The van der Waals surface area contributed by atoms with Gasteiger partial charge in [0.1, 0.15) is 5.75 Å². The largest absolute Gasteiger partial charge is 0.490 e. The van der Waals surface area contributed by atoms with E-state index < -0.39 is 22.2 Å². The van der Waals surface area contributed by atoms with E-state index in [4.69, 9.17) is 9.47 Å². The third-order valence-corrected chi connectivity index (χ3v) is 9.56. The number of sulfonamides is 1. The van der Waals surface area contributed by atoms with E-state index in [-0.39, 0.29) is 42.5 Å². The maximum Gasteiger partial charge on any atom is 0.258 e. The number of carbonyl (C=O) groups excluding carboxylic acids is 1. The van der Waals surface area contributed by atoms with Gasteiger partial charge in [-0.05, 0) is 70.4 Å². The molecular weight excluding hydrogens is 542 g/mol. The summed E-state index contributed by atoms with van der Waals surface area (Å²) in [4.78, 5) is 17.9. The van der Waals surface area contributed by atoms with E-state index in [1.807, 2.05) is 58.0 Å². The average Bonchev–Trinajstić information content (AvgIpc) is 2.93. The van der Waals surface area contributed by atoms with Crippen molar-refractivity contribution < 1.29 is 27.8 Å². The highest BCUT2D eigenvalue weighted by Gasteiger charge is 2.32. The van der Waals surface area contributed by atoms with E-state index in [9.17, 15) is 18.3 Å². The molecule has 0 aliphatic carbocycles. The number of fused-ring (bicyclic) bond motifs is 1. The van der Waals surface area contributed by atoms with Gasteiger partial charge >= 0.3 is 0 Å². The first-order valence-electron chi connectivity index (χ1n) is 14.4. The lowest BCUT2D eigenvalue weighted by Crippen LogP contribution is -2.48. The normalized spacial score (nSPS) is 22.0. The van der Waals surface area contributed by atoms with Crippen molar-refractivity contribution in [1.29, 1.82) is 0 Å². The molecule has 10 heteroatoms. The third-order valence-electron chi connectivity index (χ3n) is 7.72. The molecule has 0 aromatic heterocycles. The molecule has 0 spiro atoms. The lowest BCUT2D eigenvalue weighted by molar-refractivity contribution is -0.00833. The van der Waals surface area contributed by atoms with Crippen molar-refractivity contribution in [3.05, 3.63) is 53.6 Å². The van der Waals surface area contributed by atoms with Crippen LogP contribution in [0, 0.1) is 12.8 Å². The van der Waals surface area contributed by atoms with E-state index in [0.717, 1.165) is 30.5 Å². The van der Waals surface area contributed by atoms with Crippen molar-refractivity contribution in [1.82, 2.24) is 9.21 Å². The first-order valence-corrected chi connectivity index (χ1v) is 15.8. The summed E-state index contributed by atoms with van der Waals surface area (Å²) in [7, 11) is 1.66. The quantitative estimate of drug-likeness (QED) is 0.517. The number of hydrogen-bond acceptors (Lipinski definition) is 7. The summed E-state index contributed by atoms with van der Waals surface area (Å²) >= 11 is 0. The van der Waals surface area contributed by atoms with E-state index in [1.54, 1.807) is 43.1 Å². The summed E-state index contributed by atoms with van der Waals surface area (Å²) in [6.07, 6.45) is 1.87. The molecule has 9 nitrogen and oxygen atoms in total. The van der Waals surface area contributed by atoms with Gasteiger partial charge in [-0.25, -0.2) is 8.42 Å². The van der Waals surface area contributed by atoms with Crippen LogP contribution in [0.4, 0.5) is 5.69 Å². The Morgan fingerprint density at radius 2 is 1.76 bits per heavy atom. The Morgan fingerprint density at radius 1 is 1.07 bits per heavy atom. The zero-order chi connectivity index (χ0) is 30.3. The fourth-order valence-electron chi connectivity index (χ4n) is 4.89. The molecule has 228 valence electrons. The van der Waals surface area contributed by atoms with E-state index in [0.29, 0.717) is 17.9 Å². The van der Waals surface area contributed by atoms with Crippen LogP contribution in [-0.4, -0.2) is 94.3 Å². The Morgan fingerprint density at radius 3 is 2.39 bits per heavy atom. The summed E-state index contributed by atoms with van der Waals surface area (Å²) in [5.74, 6) is 0.0392. The van der Waals surface area contributed by atoms with Gasteiger partial charge in [0.2, 0.25) is 10.0 Å². The van der Waals surface area contributed by atoms with Gasteiger partial charge in [-0.15, -0.1) is 0 Å². The number of ether oxygens (including phenoxy) is 2. The third kappa shape index (κ3) is 8.44. The van der Waals surface area contributed by atoms with Crippen molar-refractivity contribution in [2.24, 2.45) is 5.92 Å². The molecule has 0 radical (unpaired) electrons. The number of amides is 1. The summed E-state index contributed by atoms with van der Waals surface area (Å²) in [5, 5.41) is 10.1. The molecule has 1 heterocycles. The number of aryl methyl sites for hydroxylation is 1. The Balaban J connectivity index is 1.96. The number of rotatable bonds is 7. The van der Waals surface area contributed by atoms with E-state index in [2.05, 4.69) is 0 Å². The molecule has 1 N–H and O–H groups in total. The van der Waals surface area contributed by atoms with Crippen LogP contribution >= 0.6 is 0 Å². The number of carbonyl (C=O) groups is 1. The molecule has 3 rings (SSSR count). The SMILES string of the molecule is Cc1ccc(S(=O)(=O)N(C)C[C@H]2OCCCC[C@@H](C)Oc3ccc(N(C)C)cc3C(=O)N([C@H](C)CO)C[C@H]2C)cc1. The minimum Gasteiger partial charge on any atom is -0.490 e. The van der Waals surface area contributed by atoms with E-state index in [1.165, 1.54) is 4.31 Å². The Hall–Kier alpha value is -2.66. The zero-order valence-electron chi connectivity index (χ0n) is 25.5. The van der Waals surface area contributed by atoms with Crippen molar-refractivity contribution >= 4 is 21.6 Å². The summed E-state index contributed by atoms with van der Waals surface area (Å²) in [5.41, 5.74) is 2.28. The molecule has 2 aromatic carbocycles. The van der Waals surface area contributed by atoms with Crippen LogP contribution in [0.25, 0.3) is 0 Å². The van der Waals surface area contributed by atoms with Gasteiger partial charge in [-0.1, -0.05) is 24.6 Å². The number of aliphatic hydroxyl groups excluding tert-OH is 1. The van der Waals surface area contributed by atoms with Crippen LogP contribution < -0.4 is 9.64 Å². The fraction of sp³-hybridized carbons (Fsp3) is 0.581. The number of benzene rings is 2. The standard InChI is InChI=1S/C31H47N3O6S/c1-22-11-14-27(15-12-22)41(37,38)33(7)20-30-23(2)19-34(24(3)21-35)31(36)28-18-26(32(5)6)13-16-29(28)40-25(4)10-8-9-17-39-30/h11-16,18,23-25,30,35H,8-10,17,19-21H2,1-7H3/t23-,24-,25-,30-/m1/s1. The molecule has 1 amide bonds. The minimum atomic E-state index is -3.73. The van der Waals surface area contributed by atoms with Gasteiger partial charge in [0.25, 0.3) is 5.91 Å². The molecule has 41 heavy (non-hydrogen) atoms. The van der Waals surface area contributed by atoms with Gasteiger partial charge in [0, 0.05) is 52.4 Å². The maximum absolute atomic E-state index is 14.1. The van der Waals surface area contributed by atoms with Crippen molar-refractivity contribution in [2.75, 3.05) is 52.3 Å². The molecule has 0 saturated carbocycles. The average molecular weight is 590 g/mol. The first kappa shape index (κ1) is 32.8. The number of aliphatic hydroxyl groups is 1. The first-order chi connectivity index (χ1) is 19.3. The van der Waals surface area contributed by atoms with Gasteiger partial charge < -0.3 is 24.4 Å². The van der Waals surface area contributed by atoms with Crippen LogP contribution in [0.15, 0.2) is 47.4 Å².